The fraction of sp³-hybridized carbons (Fsp3) is 0.348. The Morgan fingerprint density at radius 3 is 2.75 bits per heavy atom. The minimum atomic E-state index is -0.663. The maximum absolute atomic E-state index is 13.8. The van der Waals surface area contributed by atoms with Gasteiger partial charge in [0.2, 0.25) is 0 Å². The first kappa shape index (κ1) is 18.8. The van der Waals surface area contributed by atoms with Gasteiger partial charge in [-0.1, -0.05) is 24.3 Å². The Labute approximate surface area is 165 Å². The topological polar surface area (TPSA) is 41.3 Å². The molecule has 5 heteroatoms. The van der Waals surface area contributed by atoms with Crippen molar-refractivity contribution in [2.75, 3.05) is 13.1 Å². The summed E-state index contributed by atoms with van der Waals surface area (Å²) in [5.74, 6) is -0.269. The van der Waals surface area contributed by atoms with E-state index < -0.39 is 5.60 Å². The van der Waals surface area contributed by atoms with Crippen molar-refractivity contribution in [2.45, 2.75) is 38.8 Å². The van der Waals surface area contributed by atoms with Gasteiger partial charge in [0, 0.05) is 30.4 Å². The Bertz CT molecular complexity index is 979. The van der Waals surface area contributed by atoms with Crippen molar-refractivity contribution in [3.05, 3.63) is 71.7 Å². The number of benzene rings is 2. The van der Waals surface area contributed by atoms with Crippen molar-refractivity contribution in [1.82, 2.24) is 14.7 Å². The highest BCUT2D eigenvalue weighted by molar-refractivity contribution is 5.63. The molecule has 28 heavy (non-hydrogen) atoms. The van der Waals surface area contributed by atoms with Crippen molar-refractivity contribution in [3.63, 3.8) is 0 Å². The summed E-state index contributed by atoms with van der Waals surface area (Å²) in [5.41, 5.74) is 4.06. The molecule has 0 spiro atoms. The standard InChI is InChI=1S/C23H26FN3O/c1-17-6-3-9-21(12-17)27-15-19(14-26-11-5-10-23(2,28)16-26)22(25-27)18-7-4-8-20(24)13-18/h3-4,6-9,12-13,15,28H,5,10-11,14,16H2,1-2H3/t23-/m0/s1. The number of hydrogen-bond acceptors (Lipinski definition) is 3. The minimum absolute atomic E-state index is 0.269. The summed E-state index contributed by atoms with van der Waals surface area (Å²) in [6, 6.07) is 14.7. The van der Waals surface area contributed by atoms with Gasteiger partial charge in [-0.15, -0.1) is 0 Å². The third-order valence-electron chi connectivity index (χ3n) is 5.30. The van der Waals surface area contributed by atoms with Gasteiger partial charge in [0.25, 0.3) is 0 Å². The maximum Gasteiger partial charge on any atom is 0.123 e. The number of nitrogens with zero attached hydrogens (tertiary/aromatic N) is 3. The number of piperidine rings is 1. The van der Waals surface area contributed by atoms with Gasteiger partial charge in [0.1, 0.15) is 5.82 Å². The Morgan fingerprint density at radius 2 is 2.00 bits per heavy atom. The third kappa shape index (κ3) is 4.16. The molecule has 2 aromatic carbocycles. The van der Waals surface area contributed by atoms with Gasteiger partial charge >= 0.3 is 0 Å². The number of rotatable bonds is 4. The van der Waals surface area contributed by atoms with Crippen LogP contribution in [0.1, 0.15) is 30.9 Å². The monoisotopic (exact) mass is 379 g/mol. The van der Waals surface area contributed by atoms with E-state index in [0.29, 0.717) is 13.1 Å². The van der Waals surface area contributed by atoms with Crippen LogP contribution in [-0.4, -0.2) is 38.5 Å². The van der Waals surface area contributed by atoms with Gasteiger partial charge in [0.05, 0.1) is 17.0 Å². The highest BCUT2D eigenvalue weighted by atomic mass is 19.1. The number of aromatic nitrogens is 2. The molecule has 2 heterocycles. The zero-order valence-corrected chi connectivity index (χ0v) is 16.4. The number of halogens is 1. The van der Waals surface area contributed by atoms with E-state index in [0.717, 1.165) is 47.5 Å². The van der Waals surface area contributed by atoms with Gasteiger partial charge in [-0.05, 0) is 63.1 Å². The largest absolute Gasteiger partial charge is 0.389 e. The van der Waals surface area contributed by atoms with Crippen LogP contribution in [0.15, 0.2) is 54.7 Å². The van der Waals surface area contributed by atoms with Gasteiger partial charge in [-0.25, -0.2) is 9.07 Å². The van der Waals surface area contributed by atoms with Gasteiger partial charge < -0.3 is 5.11 Å². The van der Waals surface area contributed by atoms with E-state index in [9.17, 15) is 9.50 Å². The van der Waals surface area contributed by atoms with Crippen LogP contribution in [0.5, 0.6) is 0 Å². The Hall–Kier alpha value is -2.50. The summed E-state index contributed by atoms with van der Waals surface area (Å²) in [7, 11) is 0. The molecule has 1 N–H and O–H groups in total. The van der Waals surface area contributed by atoms with Crippen molar-refractivity contribution < 1.29 is 9.50 Å². The molecule has 146 valence electrons. The molecule has 4 nitrogen and oxygen atoms in total. The first-order chi connectivity index (χ1) is 13.4. The second-order valence-corrected chi connectivity index (χ2v) is 8.11. The molecule has 0 unspecified atom stereocenters. The summed E-state index contributed by atoms with van der Waals surface area (Å²) in [6.07, 6.45) is 3.81. The van der Waals surface area contributed by atoms with Crippen LogP contribution in [0.4, 0.5) is 4.39 Å². The Balaban J connectivity index is 1.72. The molecule has 0 radical (unpaired) electrons. The average Bonchev–Trinajstić information content (AvgIpc) is 3.05. The van der Waals surface area contributed by atoms with Crippen molar-refractivity contribution in [2.24, 2.45) is 0 Å². The summed E-state index contributed by atoms with van der Waals surface area (Å²) < 4.78 is 15.7. The smallest absolute Gasteiger partial charge is 0.123 e. The number of β-amino-alcohol motifs (C(OH)–C–C–N with tert-alkyl or cyclic N) is 1. The fourth-order valence-corrected chi connectivity index (χ4v) is 4.01. The van der Waals surface area contributed by atoms with E-state index in [1.807, 2.05) is 36.0 Å². The molecule has 1 aromatic heterocycles. The average molecular weight is 379 g/mol. The molecule has 0 saturated carbocycles. The quantitative estimate of drug-likeness (QED) is 0.733. The molecule has 0 aliphatic carbocycles. The normalized spacial score (nSPS) is 20.4. The number of aliphatic hydroxyl groups is 1. The molecule has 4 rings (SSSR count). The number of aryl methyl sites for hydroxylation is 1. The van der Waals surface area contributed by atoms with Gasteiger partial charge in [-0.3, -0.25) is 4.90 Å². The van der Waals surface area contributed by atoms with E-state index >= 15 is 0 Å². The lowest BCUT2D eigenvalue weighted by atomic mass is 9.94. The van der Waals surface area contributed by atoms with Crippen molar-refractivity contribution in [3.8, 4) is 16.9 Å². The van der Waals surface area contributed by atoms with Crippen LogP contribution in [0.2, 0.25) is 0 Å². The van der Waals surface area contributed by atoms with Crippen molar-refractivity contribution in [1.29, 1.82) is 0 Å². The molecule has 1 aliphatic heterocycles. The third-order valence-corrected chi connectivity index (χ3v) is 5.30. The van der Waals surface area contributed by atoms with Crippen LogP contribution in [0.3, 0.4) is 0 Å². The predicted molar refractivity (Wildman–Crippen MR) is 109 cm³/mol. The highest BCUT2D eigenvalue weighted by Gasteiger charge is 2.29. The number of likely N-dealkylation sites (tertiary alicyclic amines) is 1. The zero-order chi connectivity index (χ0) is 19.7. The van der Waals surface area contributed by atoms with E-state index in [2.05, 4.69) is 24.0 Å². The van der Waals surface area contributed by atoms with Crippen LogP contribution in [0.25, 0.3) is 16.9 Å². The zero-order valence-electron chi connectivity index (χ0n) is 16.4. The molecule has 0 amide bonds. The molecule has 1 saturated heterocycles. The van der Waals surface area contributed by atoms with Gasteiger partial charge in [0.15, 0.2) is 0 Å². The van der Waals surface area contributed by atoms with E-state index in [1.54, 1.807) is 6.07 Å². The molecule has 1 fully saturated rings. The molecule has 0 bridgehead atoms. The van der Waals surface area contributed by atoms with Crippen LogP contribution < -0.4 is 0 Å². The predicted octanol–water partition coefficient (Wildman–Crippen LogP) is 4.33. The second kappa shape index (κ2) is 7.49. The van der Waals surface area contributed by atoms with Crippen molar-refractivity contribution >= 4 is 0 Å². The first-order valence-electron chi connectivity index (χ1n) is 9.76. The summed E-state index contributed by atoms with van der Waals surface area (Å²) >= 11 is 0. The van der Waals surface area contributed by atoms with E-state index in [-0.39, 0.29) is 5.82 Å². The van der Waals surface area contributed by atoms with Crippen LogP contribution in [-0.2, 0) is 6.54 Å². The summed E-state index contributed by atoms with van der Waals surface area (Å²) in [6.45, 7) is 6.19. The lowest BCUT2D eigenvalue weighted by Crippen LogP contribution is -2.45. The minimum Gasteiger partial charge on any atom is -0.389 e. The fourth-order valence-electron chi connectivity index (χ4n) is 4.01. The van der Waals surface area contributed by atoms with Gasteiger partial charge in [-0.2, -0.15) is 5.10 Å². The highest BCUT2D eigenvalue weighted by Crippen LogP contribution is 2.28. The Morgan fingerprint density at radius 1 is 1.18 bits per heavy atom. The molecule has 1 aliphatic rings. The first-order valence-corrected chi connectivity index (χ1v) is 9.76. The van der Waals surface area contributed by atoms with Crippen LogP contribution in [0, 0.1) is 12.7 Å². The SMILES string of the molecule is Cc1cccc(-n2cc(CN3CCC[C@](C)(O)C3)c(-c3cccc(F)c3)n2)c1. The van der Waals surface area contributed by atoms with E-state index in [1.165, 1.54) is 12.1 Å². The lowest BCUT2D eigenvalue weighted by molar-refractivity contribution is -0.0181. The Kier molecular flexibility index (Phi) is 5.04. The number of hydrogen-bond donors (Lipinski definition) is 1. The molecule has 1 atom stereocenters. The lowest BCUT2D eigenvalue weighted by Gasteiger charge is -2.36. The molecule has 3 aromatic rings. The summed E-state index contributed by atoms with van der Waals surface area (Å²) in [4.78, 5) is 2.25. The maximum atomic E-state index is 13.8. The molecular weight excluding hydrogens is 353 g/mol. The summed E-state index contributed by atoms with van der Waals surface area (Å²) in [5, 5.41) is 15.2. The molecular formula is C23H26FN3O. The van der Waals surface area contributed by atoms with E-state index in [4.69, 9.17) is 5.10 Å². The van der Waals surface area contributed by atoms with Crippen LogP contribution >= 0.6 is 0 Å². The second-order valence-electron chi connectivity index (χ2n) is 8.11.